The minimum atomic E-state index is 0.617. The molecule has 0 fully saturated rings. The molecule has 1 rings (SSSR count). The summed E-state index contributed by atoms with van der Waals surface area (Å²) in [5.74, 6) is 2.25. The van der Waals surface area contributed by atoms with E-state index < -0.39 is 0 Å². The molecule has 0 amide bonds. The fraction of sp³-hybridized carbons (Fsp3) is 0.938. The van der Waals surface area contributed by atoms with Gasteiger partial charge in [0, 0.05) is 0 Å². The van der Waals surface area contributed by atoms with Crippen molar-refractivity contribution in [3.8, 4) is 0 Å². The number of H-pyrrole nitrogens is 1. The quantitative estimate of drug-likeness (QED) is 0.0518. The van der Waals surface area contributed by atoms with Crippen molar-refractivity contribution in [2.24, 2.45) is 0 Å². The van der Waals surface area contributed by atoms with Crippen molar-refractivity contribution >= 4 is 0 Å². The minimum absolute atomic E-state index is 0.617. The highest BCUT2D eigenvalue weighted by atomic mass is 15.1. The van der Waals surface area contributed by atoms with Crippen LogP contribution in [0.3, 0.4) is 0 Å². The lowest BCUT2D eigenvalue weighted by atomic mass is 9.92. The Morgan fingerprint density at radius 3 is 0.940 bits per heavy atom. The van der Waals surface area contributed by atoms with Gasteiger partial charge >= 0.3 is 0 Å². The Labute approximate surface area is 316 Å². The van der Waals surface area contributed by atoms with Crippen molar-refractivity contribution < 1.29 is 4.57 Å². The lowest BCUT2D eigenvalue weighted by Crippen LogP contribution is -2.41. The predicted molar refractivity (Wildman–Crippen MR) is 226 cm³/mol. The molecule has 0 radical (unpaired) electrons. The van der Waals surface area contributed by atoms with Crippen LogP contribution in [0.15, 0.2) is 12.4 Å². The summed E-state index contributed by atoms with van der Waals surface area (Å²) >= 11 is 0. The molecule has 2 nitrogen and oxygen atoms in total. The van der Waals surface area contributed by atoms with Gasteiger partial charge in [0.2, 0.25) is 0 Å². The van der Waals surface area contributed by atoms with Gasteiger partial charge < -0.3 is 0 Å². The van der Waals surface area contributed by atoms with E-state index in [9.17, 15) is 0 Å². The van der Waals surface area contributed by atoms with Crippen molar-refractivity contribution in [2.75, 3.05) is 0 Å². The number of aromatic amines is 1. The van der Waals surface area contributed by atoms with Gasteiger partial charge in [-0.15, -0.1) is 0 Å². The molecule has 0 saturated heterocycles. The van der Waals surface area contributed by atoms with Gasteiger partial charge in [-0.1, -0.05) is 245 Å². The highest BCUT2D eigenvalue weighted by Crippen LogP contribution is 2.28. The first kappa shape index (κ1) is 47.2. The van der Waals surface area contributed by atoms with E-state index in [2.05, 4.69) is 49.6 Å². The summed E-state index contributed by atoms with van der Waals surface area (Å²) in [6.45, 7) is 9.44. The van der Waals surface area contributed by atoms with E-state index in [1.54, 1.807) is 5.82 Å². The Morgan fingerprint density at radius 2 is 0.640 bits per heavy atom. The smallest absolute Gasteiger partial charge is 0.247 e. The van der Waals surface area contributed by atoms with Crippen molar-refractivity contribution in [3.63, 3.8) is 0 Å². The SMILES string of the molecule is CCCCCCCCCCCCCCCCCC(CCCCCCCCCCCC)c1[nH]cc[n+]1C(C)CCCCCCCCCCCCC. The minimum Gasteiger partial charge on any atom is -0.247 e. The number of aromatic nitrogens is 2. The van der Waals surface area contributed by atoms with Crippen LogP contribution in [0.2, 0.25) is 0 Å². The van der Waals surface area contributed by atoms with E-state index in [1.807, 2.05) is 0 Å². The van der Waals surface area contributed by atoms with Crippen molar-refractivity contribution in [1.29, 1.82) is 0 Å². The average molecular weight is 700 g/mol. The van der Waals surface area contributed by atoms with Crippen molar-refractivity contribution in [3.05, 3.63) is 18.2 Å². The van der Waals surface area contributed by atoms with Gasteiger partial charge in [-0.2, -0.15) is 0 Å². The summed E-state index contributed by atoms with van der Waals surface area (Å²) in [5, 5.41) is 0. The van der Waals surface area contributed by atoms with E-state index in [0.29, 0.717) is 12.0 Å². The topological polar surface area (TPSA) is 19.7 Å². The second kappa shape index (κ2) is 38.0. The van der Waals surface area contributed by atoms with E-state index in [1.165, 1.54) is 250 Å². The van der Waals surface area contributed by atoms with Gasteiger partial charge in [-0.05, 0) is 32.6 Å². The Balaban J connectivity index is 2.36. The normalized spacial score (nSPS) is 13.0. The first-order valence-corrected chi connectivity index (χ1v) is 23.8. The first-order valence-electron chi connectivity index (χ1n) is 23.8. The van der Waals surface area contributed by atoms with Crippen LogP contribution in [0.1, 0.15) is 296 Å². The molecule has 1 aromatic heterocycles. The third-order valence-corrected chi connectivity index (χ3v) is 11.9. The van der Waals surface area contributed by atoms with Gasteiger partial charge in [0.25, 0.3) is 5.82 Å². The van der Waals surface area contributed by atoms with Crippen LogP contribution in [-0.4, -0.2) is 4.98 Å². The van der Waals surface area contributed by atoms with E-state index >= 15 is 0 Å². The van der Waals surface area contributed by atoms with E-state index in [-0.39, 0.29) is 0 Å². The molecule has 1 N–H and O–H groups in total. The molecule has 0 bridgehead atoms. The molecular formula is C48H95N2+. The highest BCUT2D eigenvalue weighted by Gasteiger charge is 2.25. The van der Waals surface area contributed by atoms with Crippen molar-refractivity contribution in [1.82, 2.24) is 4.98 Å². The summed E-state index contributed by atoms with van der Waals surface area (Å²) in [6, 6.07) is 0.617. The van der Waals surface area contributed by atoms with Gasteiger partial charge in [-0.25, -0.2) is 9.55 Å². The molecular weight excluding hydrogens is 605 g/mol. The number of imidazole rings is 1. The van der Waals surface area contributed by atoms with Gasteiger partial charge in [0.1, 0.15) is 12.4 Å². The van der Waals surface area contributed by atoms with Gasteiger partial charge in [0.05, 0.1) is 12.0 Å². The fourth-order valence-corrected chi connectivity index (χ4v) is 8.37. The first-order chi connectivity index (χ1) is 24.7. The predicted octanol–water partition coefficient (Wildman–Crippen LogP) is 17.2. The number of hydrogen-bond donors (Lipinski definition) is 1. The molecule has 296 valence electrons. The van der Waals surface area contributed by atoms with E-state index in [0.717, 1.165) is 0 Å². The Kier molecular flexibility index (Phi) is 35.8. The van der Waals surface area contributed by atoms with E-state index in [4.69, 9.17) is 0 Å². The summed E-state index contributed by atoms with van der Waals surface area (Å²) < 4.78 is 2.66. The summed E-state index contributed by atoms with van der Waals surface area (Å²) in [4.78, 5) is 3.78. The highest BCUT2D eigenvalue weighted by molar-refractivity contribution is 4.90. The zero-order chi connectivity index (χ0) is 36.0. The lowest BCUT2D eigenvalue weighted by Gasteiger charge is -2.17. The van der Waals surface area contributed by atoms with Crippen LogP contribution in [0.25, 0.3) is 0 Å². The van der Waals surface area contributed by atoms with Crippen LogP contribution < -0.4 is 4.57 Å². The standard InChI is InChI=1S/C48H94N2/c1-5-8-11-14-17-20-23-24-25-26-28-31-34-37-40-43-47(42-39-36-33-30-22-19-16-13-10-7-3)48-49-44-45-50(48)46(4)41-38-35-32-29-27-21-18-15-12-9-6-2/h44-47H,5-43H2,1-4H3/p+1. The largest absolute Gasteiger partial charge is 0.257 e. The Bertz CT molecular complexity index is 768. The summed E-state index contributed by atoms with van der Waals surface area (Å²) in [5.41, 5.74) is 0. The third kappa shape index (κ3) is 28.8. The second-order valence-corrected chi connectivity index (χ2v) is 16.8. The monoisotopic (exact) mass is 700 g/mol. The van der Waals surface area contributed by atoms with Crippen LogP contribution in [0.4, 0.5) is 0 Å². The molecule has 2 atom stereocenters. The summed E-state index contributed by atoms with van der Waals surface area (Å²) in [6.07, 6.45) is 60.6. The van der Waals surface area contributed by atoms with Crippen LogP contribution in [0, 0.1) is 0 Å². The molecule has 1 aromatic rings. The maximum Gasteiger partial charge on any atom is 0.257 e. The fourth-order valence-electron chi connectivity index (χ4n) is 8.37. The van der Waals surface area contributed by atoms with Crippen LogP contribution >= 0.6 is 0 Å². The molecule has 2 unspecified atom stereocenters. The average Bonchev–Trinajstić information content (AvgIpc) is 3.62. The van der Waals surface area contributed by atoms with Crippen LogP contribution in [0.5, 0.6) is 0 Å². The molecule has 0 aromatic carbocycles. The molecule has 0 aliphatic rings. The zero-order valence-corrected chi connectivity index (χ0v) is 35.3. The molecule has 1 heterocycles. The molecule has 2 heteroatoms. The Morgan fingerprint density at radius 1 is 0.380 bits per heavy atom. The molecule has 0 saturated carbocycles. The Hall–Kier alpha value is -0.790. The van der Waals surface area contributed by atoms with Gasteiger partial charge in [-0.3, -0.25) is 0 Å². The molecule has 0 aliphatic heterocycles. The zero-order valence-electron chi connectivity index (χ0n) is 35.3. The molecule has 0 aliphatic carbocycles. The number of nitrogens with one attached hydrogen (secondary N) is 1. The maximum atomic E-state index is 3.78. The number of nitrogens with zero attached hydrogens (tertiary/aromatic N) is 1. The van der Waals surface area contributed by atoms with Crippen LogP contribution in [-0.2, 0) is 0 Å². The maximum absolute atomic E-state index is 3.78. The molecule has 50 heavy (non-hydrogen) atoms. The van der Waals surface area contributed by atoms with Gasteiger partial charge in [0.15, 0.2) is 0 Å². The second-order valence-electron chi connectivity index (χ2n) is 16.8. The number of unbranched alkanes of at least 4 members (excludes halogenated alkanes) is 33. The molecule has 0 spiro atoms. The number of hydrogen-bond acceptors (Lipinski definition) is 0. The summed E-state index contributed by atoms with van der Waals surface area (Å²) in [7, 11) is 0. The third-order valence-electron chi connectivity index (χ3n) is 11.9. The van der Waals surface area contributed by atoms with Crippen molar-refractivity contribution in [2.45, 2.75) is 290 Å². The number of rotatable bonds is 41. The lowest BCUT2D eigenvalue weighted by molar-refractivity contribution is -0.727.